The second kappa shape index (κ2) is 3.42. The van der Waals surface area contributed by atoms with Gasteiger partial charge in [0.2, 0.25) is 0 Å². The van der Waals surface area contributed by atoms with E-state index < -0.39 is 8.07 Å². The molecular weight excluding hydrogens is 150 g/mol. The Balaban J connectivity index is 2.21. The van der Waals surface area contributed by atoms with Crippen molar-refractivity contribution in [3.63, 3.8) is 0 Å². The van der Waals surface area contributed by atoms with Crippen LogP contribution in [0.15, 0.2) is 0 Å². The third kappa shape index (κ3) is 3.59. The fourth-order valence-corrected chi connectivity index (χ4v) is 1.59. The lowest BCUT2D eigenvalue weighted by Gasteiger charge is -2.24. The molecule has 1 saturated heterocycles. The molecular formula is C9H17NSi. The Labute approximate surface area is 70.6 Å². The van der Waals surface area contributed by atoms with E-state index in [9.17, 15) is 0 Å². The van der Waals surface area contributed by atoms with Gasteiger partial charge in [-0.2, -0.15) is 0 Å². The van der Waals surface area contributed by atoms with Crippen molar-refractivity contribution in [1.29, 1.82) is 0 Å². The van der Waals surface area contributed by atoms with E-state index in [2.05, 4.69) is 36.4 Å². The first kappa shape index (κ1) is 8.83. The van der Waals surface area contributed by atoms with Crippen LogP contribution in [0.5, 0.6) is 0 Å². The van der Waals surface area contributed by atoms with E-state index in [-0.39, 0.29) is 0 Å². The molecule has 1 fully saturated rings. The van der Waals surface area contributed by atoms with Gasteiger partial charge in [-0.3, -0.25) is 0 Å². The largest absolute Gasteiger partial charge is 0.316 e. The smallest absolute Gasteiger partial charge is 0.129 e. The zero-order valence-corrected chi connectivity index (χ0v) is 8.70. The van der Waals surface area contributed by atoms with Crippen molar-refractivity contribution in [3.8, 4) is 11.5 Å². The first-order valence-electron chi connectivity index (χ1n) is 4.29. The van der Waals surface area contributed by atoms with Gasteiger partial charge in [0.25, 0.3) is 0 Å². The van der Waals surface area contributed by atoms with Crippen LogP contribution in [-0.2, 0) is 0 Å². The fraction of sp³-hybridized carbons (Fsp3) is 0.778. The lowest BCUT2D eigenvalue weighted by atomic mass is 10.0. The van der Waals surface area contributed by atoms with Crippen LogP contribution in [0.1, 0.15) is 6.42 Å². The van der Waals surface area contributed by atoms with Gasteiger partial charge in [-0.05, 0) is 5.92 Å². The molecule has 0 radical (unpaired) electrons. The summed E-state index contributed by atoms with van der Waals surface area (Å²) in [7, 11) is -1.09. The Kier molecular flexibility index (Phi) is 2.75. The predicted octanol–water partition coefficient (Wildman–Crippen LogP) is 1.48. The van der Waals surface area contributed by atoms with Crippen molar-refractivity contribution in [1.82, 2.24) is 5.32 Å². The summed E-state index contributed by atoms with van der Waals surface area (Å²) in [6.45, 7) is 9.23. The van der Waals surface area contributed by atoms with E-state index in [1.165, 1.54) is 13.1 Å². The number of hydrogen-bond donors (Lipinski definition) is 1. The maximum absolute atomic E-state index is 3.38. The minimum atomic E-state index is -1.09. The van der Waals surface area contributed by atoms with Crippen molar-refractivity contribution in [2.24, 2.45) is 5.92 Å². The van der Waals surface area contributed by atoms with Gasteiger partial charge in [-0.25, -0.2) is 0 Å². The molecule has 0 aromatic heterocycles. The molecule has 1 aliphatic rings. The zero-order chi connectivity index (χ0) is 8.32. The van der Waals surface area contributed by atoms with Gasteiger partial charge in [0.15, 0.2) is 0 Å². The Morgan fingerprint density at radius 1 is 1.36 bits per heavy atom. The predicted molar refractivity (Wildman–Crippen MR) is 52.1 cm³/mol. The molecule has 11 heavy (non-hydrogen) atoms. The van der Waals surface area contributed by atoms with Gasteiger partial charge in [-0.1, -0.05) is 19.6 Å². The third-order valence-electron chi connectivity index (χ3n) is 1.72. The average molecular weight is 167 g/mol. The molecule has 0 aliphatic carbocycles. The second-order valence-electron chi connectivity index (χ2n) is 4.28. The molecule has 0 saturated carbocycles. The van der Waals surface area contributed by atoms with Gasteiger partial charge in [-0.15, -0.1) is 11.5 Å². The van der Waals surface area contributed by atoms with Crippen LogP contribution in [-0.4, -0.2) is 21.2 Å². The van der Waals surface area contributed by atoms with Crippen LogP contribution in [0.3, 0.4) is 0 Å². The maximum atomic E-state index is 3.38. The number of hydrogen-bond acceptors (Lipinski definition) is 1. The Bertz CT molecular complexity index is 178. The summed E-state index contributed by atoms with van der Waals surface area (Å²) in [4.78, 5) is 0. The molecule has 2 heteroatoms. The summed E-state index contributed by atoms with van der Waals surface area (Å²) >= 11 is 0. The van der Waals surface area contributed by atoms with E-state index >= 15 is 0 Å². The standard InChI is InChI=1S/C9H17NSi/c1-11(2,3)6-4-5-9-7-10-8-9/h9-10H,5,7-8H2,1-3H3. The third-order valence-corrected chi connectivity index (χ3v) is 2.65. The monoisotopic (exact) mass is 167 g/mol. The topological polar surface area (TPSA) is 12.0 Å². The maximum Gasteiger partial charge on any atom is 0.129 e. The van der Waals surface area contributed by atoms with Crippen molar-refractivity contribution in [3.05, 3.63) is 0 Å². The molecule has 1 N–H and O–H groups in total. The second-order valence-corrected chi connectivity index (χ2v) is 9.03. The van der Waals surface area contributed by atoms with Gasteiger partial charge < -0.3 is 5.32 Å². The Morgan fingerprint density at radius 2 is 2.00 bits per heavy atom. The van der Waals surface area contributed by atoms with Crippen molar-refractivity contribution in [2.75, 3.05) is 13.1 Å². The number of rotatable bonds is 1. The van der Waals surface area contributed by atoms with E-state index in [1.54, 1.807) is 0 Å². The quantitative estimate of drug-likeness (QED) is 0.461. The fourth-order valence-electron chi connectivity index (χ4n) is 0.953. The molecule has 1 rings (SSSR count). The van der Waals surface area contributed by atoms with E-state index in [1.807, 2.05) is 0 Å². The summed E-state index contributed by atoms with van der Waals surface area (Å²) in [5.41, 5.74) is 3.38. The van der Waals surface area contributed by atoms with Gasteiger partial charge in [0.1, 0.15) is 8.07 Å². The molecule has 1 nitrogen and oxygen atoms in total. The first-order valence-corrected chi connectivity index (χ1v) is 7.79. The van der Waals surface area contributed by atoms with E-state index in [4.69, 9.17) is 0 Å². The normalized spacial score (nSPS) is 18.5. The molecule has 62 valence electrons. The summed E-state index contributed by atoms with van der Waals surface area (Å²) in [6.07, 6.45) is 1.11. The van der Waals surface area contributed by atoms with Crippen LogP contribution in [0.4, 0.5) is 0 Å². The van der Waals surface area contributed by atoms with Crippen molar-refractivity contribution >= 4 is 8.07 Å². The molecule has 0 atom stereocenters. The highest BCUT2D eigenvalue weighted by molar-refractivity contribution is 6.83. The molecule has 0 aromatic carbocycles. The summed E-state index contributed by atoms with van der Waals surface area (Å²) in [5.74, 6) is 4.15. The van der Waals surface area contributed by atoms with E-state index in [0.717, 1.165) is 12.3 Å². The summed E-state index contributed by atoms with van der Waals surface area (Å²) in [6, 6.07) is 0. The van der Waals surface area contributed by atoms with Crippen molar-refractivity contribution in [2.45, 2.75) is 26.1 Å². The molecule has 0 aromatic rings. The minimum absolute atomic E-state index is 0.846. The van der Waals surface area contributed by atoms with Crippen LogP contribution in [0.2, 0.25) is 19.6 Å². The first-order chi connectivity index (χ1) is 5.08. The average Bonchev–Trinajstić information content (AvgIpc) is 1.73. The molecule has 1 heterocycles. The summed E-state index contributed by atoms with van der Waals surface area (Å²) < 4.78 is 0. The van der Waals surface area contributed by atoms with E-state index in [0.29, 0.717) is 0 Å². The molecule has 0 unspecified atom stereocenters. The van der Waals surface area contributed by atoms with Gasteiger partial charge in [0.05, 0.1) is 0 Å². The van der Waals surface area contributed by atoms with Crippen LogP contribution >= 0.6 is 0 Å². The Hall–Kier alpha value is -0.263. The van der Waals surface area contributed by atoms with Crippen molar-refractivity contribution < 1.29 is 0 Å². The molecule has 1 aliphatic heterocycles. The summed E-state index contributed by atoms with van der Waals surface area (Å²) in [5, 5.41) is 3.25. The zero-order valence-electron chi connectivity index (χ0n) is 7.70. The highest BCUT2D eigenvalue weighted by Gasteiger charge is 2.15. The molecule has 0 bridgehead atoms. The van der Waals surface area contributed by atoms with Gasteiger partial charge in [0, 0.05) is 19.5 Å². The SMILES string of the molecule is C[Si](C)(C)C#CCC1CNC1. The lowest BCUT2D eigenvalue weighted by Crippen LogP contribution is -2.41. The number of nitrogens with one attached hydrogen (secondary N) is 1. The highest BCUT2D eigenvalue weighted by Crippen LogP contribution is 2.07. The molecule has 0 spiro atoms. The van der Waals surface area contributed by atoms with Crippen LogP contribution < -0.4 is 5.32 Å². The lowest BCUT2D eigenvalue weighted by molar-refractivity contribution is 0.356. The van der Waals surface area contributed by atoms with Crippen LogP contribution in [0, 0.1) is 17.4 Å². The molecule has 0 amide bonds. The Morgan fingerprint density at radius 3 is 2.36 bits per heavy atom. The van der Waals surface area contributed by atoms with Gasteiger partial charge >= 0.3 is 0 Å². The van der Waals surface area contributed by atoms with Crippen LogP contribution in [0.25, 0.3) is 0 Å². The highest BCUT2D eigenvalue weighted by atomic mass is 28.3. The minimum Gasteiger partial charge on any atom is -0.316 e.